The summed E-state index contributed by atoms with van der Waals surface area (Å²) in [4.78, 5) is 0. The molecule has 0 aliphatic heterocycles. The third-order valence-corrected chi connectivity index (χ3v) is 1.01. The average Bonchev–Trinajstić information content (AvgIpc) is 1.81. The van der Waals surface area contributed by atoms with E-state index in [0.717, 1.165) is 0 Å². The molecule has 0 fully saturated rings. The third kappa shape index (κ3) is 5.35. The predicted octanol–water partition coefficient (Wildman–Crippen LogP) is 2.09. The number of allylic oxidation sites excluding steroid dienone is 1. The second-order valence-electron chi connectivity index (χ2n) is 3.40. The van der Waals surface area contributed by atoms with Crippen molar-refractivity contribution in [2.45, 2.75) is 20.8 Å². The number of nitrogens with zero attached hydrogens (tertiary/aromatic N) is 2. The zero-order valence-electron chi connectivity index (χ0n) is 7.26. The Hall–Kier alpha value is -0.790. The second kappa shape index (κ2) is 3.40. The maximum Gasteiger partial charge on any atom is 0.0296 e. The van der Waals surface area contributed by atoms with E-state index in [1.807, 2.05) is 13.2 Å². The quantitative estimate of drug-likeness (QED) is 0.423. The van der Waals surface area contributed by atoms with Gasteiger partial charge in [0.15, 0.2) is 0 Å². The van der Waals surface area contributed by atoms with Crippen molar-refractivity contribution in [1.82, 2.24) is 5.01 Å². The van der Waals surface area contributed by atoms with Gasteiger partial charge in [-0.25, -0.2) is 0 Å². The molecular formula is C8H16N2. The van der Waals surface area contributed by atoms with E-state index < -0.39 is 0 Å². The molecule has 0 aromatic heterocycles. The first-order chi connectivity index (χ1) is 4.45. The number of hydrogen-bond acceptors (Lipinski definition) is 2. The van der Waals surface area contributed by atoms with E-state index >= 15 is 0 Å². The molecule has 0 radical (unpaired) electrons. The lowest BCUT2D eigenvalue weighted by Gasteiger charge is -2.13. The Labute approximate surface area is 63.2 Å². The van der Waals surface area contributed by atoms with E-state index in [1.54, 1.807) is 5.01 Å². The van der Waals surface area contributed by atoms with Crippen LogP contribution in [0, 0.1) is 5.41 Å². The predicted molar refractivity (Wildman–Crippen MR) is 45.9 cm³/mol. The van der Waals surface area contributed by atoms with Gasteiger partial charge in [0.25, 0.3) is 0 Å². The van der Waals surface area contributed by atoms with Crippen LogP contribution in [0.4, 0.5) is 0 Å². The Morgan fingerprint density at radius 2 is 1.90 bits per heavy atom. The summed E-state index contributed by atoms with van der Waals surface area (Å²) in [6.45, 7) is 9.80. The molecule has 0 saturated heterocycles. The number of hydrogen-bond donors (Lipinski definition) is 0. The molecule has 0 atom stereocenters. The Bertz CT molecular complexity index is 131. The highest BCUT2D eigenvalue weighted by Crippen LogP contribution is 2.14. The molecule has 0 amide bonds. The van der Waals surface area contributed by atoms with E-state index in [9.17, 15) is 0 Å². The smallest absolute Gasteiger partial charge is 0.0296 e. The minimum Gasteiger partial charge on any atom is -0.277 e. The molecule has 2 heteroatoms. The molecule has 0 aliphatic rings. The van der Waals surface area contributed by atoms with Crippen LogP contribution in [-0.2, 0) is 0 Å². The first-order valence-corrected chi connectivity index (χ1v) is 3.34. The lowest BCUT2D eigenvalue weighted by atomic mass is 9.97. The van der Waals surface area contributed by atoms with Crippen LogP contribution in [-0.4, -0.2) is 18.8 Å². The Kier molecular flexibility index (Phi) is 3.13. The van der Waals surface area contributed by atoms with Crippen LogP contribution in [0.3, 0.4) is 0 Å². The fourth-order valence-corrected chi connectivity index (χ4v) is 0.379. The highest BCUT2D eigenvalue weighted by atomic mass is 15.4. The molecule has 58 valence electrons. The molecule has 0 aliphatic carbocycles. The largest absolute Gasteiger partial charge is 0.277 e. The van der Waals surface area contributed by atoms with Crippen LogP contribution < -0.4 is 0 Å². The highest BCUT2D eigenvalue weighted by molar-refractivity contribution is 5.22. The Morgan fingerprint density at radius 1 is 1.40 bits per heavy atom. The first kappa shape index (κ1) is 9.21. The van der Waals surface area contributed by atoms with Gasteiger partial charge in [0.2, 0.25) is 0 Å². The van der Waals surface area contributed by atoms with E-state index in [4.69, 9.17) is 0 Å². The molecular weight excluding hydrogens is 124 g/mol. The fourth-order valence-electron chi connectivity index (χ4n) is 0.379. The van der Waals surface area contributed by atoms with Crippen molar-refractivity contribution in [3.8, 4) is 0 Å². The van der Waals surface area contributed by atoms with Crippen molar-refractivity contribution in [3.05, 3.63) is 12.3 Å². The van der Waals surface area contributed by atoms with Crippen molar-refractivity contribution in [2.24, 2.45) is 10.5 Å². The maximum absolute atomic E-state index is 3.69. The van der Waals surface area contributed by atoms with Gasteiger partial charge in [0.1, 0.15) is 0 Å². The zero-order valence-corrected chi connectivity index (χ0v) is 7.26. The van der Waals surface area contributed by atoms with Gasteiger partial charge in [-0.05, 0) is 5.41 Å². The van der Waals surface area contributed by atoms with Crippen LogP contribution in [0.2, 0.25) is 0 Å². The molecule has 0 saturated carbocycles. The summed E-state index contributed by atoms with van der Waals surface area (Å²) >= 11 is 0. The van der Waals surface area contributed by atoms with Gasteiger partial charge in [-0.2, -0.15) is 5.10 Å². The third-order valence-electron chi connectivity index (χ3n) is 1.01. The van der Waals surface area contributed by atoms with Crippen molar-refractivity contribution in [3.63, 3.8) is 0 Å². The van der Waals surface area contributed by atoms with E-state index in [-0.39, 0.29) is 5.41 Å². The Balaban J connectivity index is 3.87. The van der Waals surface area contributed by atoms with E-state index in [2.05, 4.69) is 38.7 Å². The van der Waals surface area contributed by atoms with Gasteiger partial charge in [-0.15, -0.1) is 0 Å². The molecule has 0 aromatic rings. The molecule has 0 bridgehead atoms. The van der Waals surface area contributed by atoms with Crippen LogP contribution in [0.25, 0.3) is 0 Å². The molecule has 0 spiro atoms. The zero-order chi connectivity index (χ0) is 8.20. The van der Waals surface area contributed by atoms with Crippen molar-refractivity contribution < 1.29 is 0 Å². The molecule has 0 aromatic carbocycles. The van der Waals surface area contributed by atoms with E-state index in [1.165, 1.54) is 0 Å². The highest BCUT2D eigenvalue weighted by Gasteiger charge is 2.03. The normalized spacial score (nSPS) is 12.0. The topological polar surface area (TPSA) is 15.6 Å². The summed E-state index contributed by atoms with van der Waals surface area (Å²) in [6.07, 6.45) is 3.99. The lowest BCUT2D eigenvalue weighted by Crippen LogP contribution is -2.04. The van der Waals surface area contributed by atoms with Crippen molar-refractivity contribution >= 4 is 6.72 Å². The standard InChI is InChI=1S/C8H16N2/c1-8(2,3)6-7-10(5)9-4/h6-7H,4H2,1-3,5H3/b7-6-. The average molecular weight is 140 g/mol. The van der Waals surface area contributed by atoms with Crippen molar-refractivity contribution in [1.29, 1.82) is 0 Å². The number of rotatable bonds is 2. The summed E-state index contributed by atoms with van der Waals surface area (Å²) < 4.78 is 0. The molecule has 0 unspecified atom stereocenters. The fraction of sp³-hybridized carbons (Fsp3) is 0.625. The van der Waals surface area contributed by atoms with Gasteiger partial charge in [0, 0.05) is 20.0 Å². The first-order valence-electron chi connectivity index (χ1n) is 3.34. The number of hydrazone groups is 1. The van der Waals surface area contributed by atoms with Crippen LogP contribution in [0.5, 0.6) is 0 Å². The van der Waals surface area contributed by atoms with Crippen LogP contribution >= 0.6 is 0 Å². The van der Waals surface area contributed by atoms with Gasteiger partial charge in [-0.3, -0.25) is 5.01 Å². The summed E-state index contributed by atoms with van der Waals surface area (Å²) in [5.41, 5.74) is 0.221. The summed E-state index contributed by atoms with van der Waals surface area (Å²) in [5.74, 6) is 0. The lowest BCUT2D eigenvalue weighted by molar-refractivity contribution is 0.469. The van der Waals surface area contributed by atoms with Gasteiger partial charge in [-0.1, -0.05) is 26.8 Å². The molecule has 10 heavy (non-hydrogen) atoms. The Morgan fingerprint density at radius 3 is 2.20 bits per heavy atom. The SMILES string of the molecule is C=NN(C)/C=C\C(C)(C)C. The van der Waals surface area contributed by atoms with Crippen molar-refractivity contribution in [2.75, 3.05) is 7.05 Å². The van der Waals surface area contributed by atoms with Gasteiger partial charge >= 0.3 is 0 Å². The molecule has 0 heterocycles. The second-order valence-corrected chi connectivity index (χ2v) is 3.40. The minimum absolute atomic E-state index is 0.221. The van der Waals surface area contributed by atoms with Gasteiger partial charge < -0.3 is 0 Å². The molecule has 2 nitrogen and oxygen atoms in total. The van der Waals surface area contributed by atoms with E-state index in [0.29, 0.717) is 0 Å². The maximum atomic E-state index is 3.69. The molecule has 0 N–H and O–H groups in total. The van der Waals surface area contributed by atoms with Crippen LogP contribution in [0.1, 0.15) is 20.8 Å². The molecule has 0 rings (SSSR count). The van der Waals surface area contributed by atoms with Crippen LogP contribution in [0.15, 0.2) is 17.4 Å². The summed E-state index contributed by atoms with van der Waals surface area (Å²) in [6, 6.07) is 0. The summed E-state index contributed by atoms with van der Waals surface area (Å²) in [5, 5.41) is 5.37. The minimum atomic E-state index is 0.221. The monoisotopic (exact) mass is 140 g/mol. The summed E-state index contributed by atoms with van der Waals surface area (Å²) in [7, 11) is 1.86. The van der Waals surface area contributed by atoms with Gasteiger partial charge in [0.05, 0.1) is 0 Å².